The van der Waals surface area contributed by atoms with Crippen LogP contribution in [-0.2, 0) is 16.4 Å². The van der Waals surface area contributed by atoms with Crippen molar-refractivity contribution in [1.29, 1.82) is 0 Å². The average molecular weight is 310 g/mol. The molecule has 1 aliphatic heterocycles. The van der Waals surface area contributed by atoms with Gasteiger partial charge in [0.1, 0.15) is 0 Å². The molecule has 4 nitrogen and oxygen atoms in total. The number of nitrogens with two attached hydrogens (primary N) is 1. The van der Waals surface area contributed by atoms with E-state index in [9.17, 15) is 8.42 Å². The first-order chi connectivity index (χ1) is 10.0. The Morgan fingerprint density at radius 2 is 2.00 bits per heavy atom. The van der Waals surface area contributed by atoms with Crippen LogP contribution in [0.2, 0.25) is 0 Å². The van der Waals surface area contributed by atoms with Crippen LogP contribution in [0.15, 0.2) is 23.1 Å². The highest BCUT2D eigenvalue weighted by Crippen LogP contribution is 2.29. The first kappa shape index (κ1) is 16.3. The van der Waals surface area contributed by atoms with Crippen LogP contribution in [0.4, 0.5) is 5.69 Å². The molecule has 118 valence electrons. The average Bonchev–Trinajstić information content (AvgIpc) is 2.72. The molecule has 1 aromatic carbocycles. The number of aryl methyl sites for hydroxylation is 1. The highest BCUT2D eigenvalue weighted by Gasteiger charge is 2.32. The smallest absolute Gasteiger partial charge is 0.243 e. The quantitative estimate of drug-likeness (QED) is 0.869. The van der Waals surface area contributed by atoms with E-state index in [4.69, 9.17) is 5.73 Å². The summed E-state index contributed by atoms with van der Waals surface area (Å²) >= 11 is 0. The zero-order chi connectivity index (χ0) is 15.5. The van der Waals surface area contributed by atoms with Gasteiger partial charge in [-0.25, -0.2) is 8.42 Å². The third-order valence-corrected chi connectivity index (χ3v) is 6.39. The predicted octanol–water partition coefficient (Wildman–Crippen LogP) is 3.17. The Bertz CT molecular complexity index is 584. The summed E-state index contributed by atoms with van der Waals surface area (Å²) in [6.45, 7) is 4.67. The molecule has 5 heteroatoms. The Labute approximate surface area is 128 Å². The topological polar surface area (TPSA) is 63.4 Å². The van der Waals surface area contributed by atoms with E-state index in [2.05, 4.69) is 6.92 Å². The molecule has 0 aliphatic carbocycles. The summed E-state index contributed by atoms with van der Waals surface area (Å²) in [5, 5.41) is 0. The molecule has 2 rings (SSSR count). The van der Waals surface area contributed by atoms with Gasteiger partial charge in [0.15, 0.2) is 0 Å². The van der Waals surface area contributed by atoms with E-state index < -0.39 is 10.0 Å². The number of benzene rings is 1. The lowest BCUT2D eigenvalue weighted by atomic mass is 10.1. The van der Waals surface area contributed by atoms with Crippen LogP contribution in [0.25, 0.3) is 0 Å². The molecule has 1 aliphatic rings. The second kappa shape index (κ2) is 6.79. The van der Waals surface area contributed by atoms with Crippen LogP contribution >= 0.6 is 0 Å². The van der Waals surface area contributed by atoms with Crippen LogP contribution in [0.1, 0.15) is 51.5 Å². The molecular weight excluding hydrogens is 284 g/mol. The molecule has 1 unspecified atom stereocenters. The normalized spacial score (nSPS) is 21.1. The third kappa shape index (κ3) is 3.40. The van der Waals surface area contributed by atoms with Gasteiger partial charge in [0.25, 0.3) is 0 Å². The second-order valence-corrected chi connectivity index (χ2v) is 7.61. The van der Waals surface area contributed by atoms with Gasteiger partial charge in [-0.3, -0.25) is 0 Å². The molecule has 1 saturated heterocycles. The number of sulfonamides is 1. The Morgan fingerprint density at radius 1 is 1.24 bits per heavy atom. The van der Waals surface area contributed by atoms with Gasteiger partial charge in [0.05, 0.1) is 4.90 Å². The molecule has 1 aromatic rings. The van der Waals surface area contributed by atoms with Gasteiger partial charge in [0.2, 0.25) is 10.0 Å². The molecule has 0 saturated carbocycles. The molecule has 0 radical (unpaired) electrons. The molecule has 1 fully saturated rings. The van der Waals surface area contributed by atoms with Crippen molar-refractivity contribution >= 4 is 15.7 Å². The molecule has 21 heavy (non-hydrogen) atoms. The standard InChI is InChI=1S/C16H26N2O2S/c1-3-13-9-10-14(17)12-16(13)21(19,20)18-11-7-5-6-8-15(18)4-2/h9-10,12,15H,3-8,11,17H2,1-2H3. The largest absolute Gasteiger partial charge is 0.399 e. The summed E-state index contributed by atoms with van der Waals surface area (Å²) in [4.78, 5) is 0.394. The van der Waals surface area contributed by atoms with Crippen molar-refractivity contribution in [2.45, 2.75) is 63.3 Å². The first-order valence-corrected chi connectivity index (χ1v) is 9.35. The van der Waals surface area contributed by atoms with Crippen molar-refractivity contribution in [2.24, 2.45) is 0 Å². The number of nitrogens with zero attached hydrogens (tertiary/aromatic N) is 1. The van der Waals surface area contributed by atoms with Crippen molar-refractivity contribution in [3.8, 4) is 0 Å². The van der Waals surface area contributed by atoms with Gasteiger partial charge in [-0.15, -0.1) is 0 Å². The van der Waals surface area contributed by atoms with Gasteiger partial charge in [-0.05, 0) is 43.4 Å². The predicted molar refractivity (Wildman–Crippen MR) is 86.7 cm³/mol. The van der Waals surface area contributed by atoms with Gasteiger partial charge >= 0.3 is 0 Å². The number of hydrogen-bond acceptors (Lipinski definition) is 3. The molecule has 0 spiro atoms. The first-order valence-electron chi connectivity index (χ1n) is 7.91. The fraction of sp³-hybridized carbons (Fsp3) is 0.625. The van der Waals surface area contributed by atoms with E-state index in [0.29, 0.717) is 23.5 Å². The molecule has 1 atom stereocenters. The molecule has 0 aromatic heterocycles. The van der Waals surface area contributed by atoms with Crippen LogP contribution < -0.4 is 5.73 Å². The van der Waals surface area contributed by atoms with E-state index in [1.54, 1.807) is 16.4 Å². The lowest BCUT2D eigenvalue weighted by Crippen LogP contribution is -2.40. The summed E-state index contributed by atoms with van der Waals surface area (Å²) in [5.74, 6) is 0. The monoisotopic (exact) mass is 310 g/mol. The molecule has 2 N–H and O–H groups in total. The zero-order valence-electron chi connectivity index (χ0n) is 13.0. The number of rotatable bonds is 4. The summed E-state index contributed by atoms with van der Waals surface area (Å²) < 4.78 is 27.9. The highest BCUT2D eigenvalue weighted by molar-refractivity contribution is 7.89. The zero-order valence-corrected chi connectivity index (χ0v) is 13.8. The maximum Gasteiger partial charge on any atom is 0.243 e. The van der Waals surface area contributed by atoms with Crippen LogP contribution in [0.5, 0.6) is 0 Å². The summed E-state index contributed by atoms with van der Waals surface area (Å²) in [5.41, 5.74) is 7.18. The van der Waals surface area contributed by atoms with Crippen LogP contribution in [0.3, 0.4) is 0 Å². The Morgan fingerprint density at radius 3 is 2.67 bits per heavy atom. The van der Waals surface area contributed by atoms with E-state index in [1.807, 2.05) is 13.0 Å². The fourth-order valence-electron chi connectivity index (χ4n) is 3.10. The summed E-state index contributed by atoms with van der Waals surface area (Å²) in [6.07, 6.45) is 5.68. The van der Waals surface area contributed by atoms with Crippen LogP contribution in [-0.4, -0.2) is 25.3 Å². The van der Waals surface area contributed by atoms with Gasteiger partial charge in [-0.2, -0.15) is 4.31 Å². The minimum Gasteiger partial charge on any atom is -0.399 e. The molecule has 1 heterocycles. The minimum atomic E-state index is -3.46. The molecule has 0 amide bonds. The minimum absolute atomic E-state index is 0.114. The summed E-state index contributed by atoms with van der Waals surface area (Å²) in [7, 11) is -3.46. The van der Waals surface area contributed by atoms with Crippen molar-refractivity contribution in [3.05, 3.63) is 23.8 Å². The van der Waals surface area contributed by atoms with Crippen molar-refractivity contribution in [2.75, 3.05) is 12.3 Å². The lowest BCUT2D eigenvalue weighted by molar-refractivity contribution is 0.315. The van der Waals surface area contributed by atoms with E-state index >= 15 is 0 Å². The maximum absolute atomic E-state index is 13.1. The number of nitrogen functional groups attached to an aromatic ring is 1. The third-order valence-electron chi connectivity index (χ3n) is 4.35. The second-order valence-electron chi connectivity index (χ2n) is 5.75. The molecular formula is C16H26N2O2S. The fourth-order valence-corrected chi connectivity index (χ4v) is 5.20. The highest BCUT2D eigenvalue weighted by atomic mass is 32.2. The Kier molecular flexibility index (Phi) is 5.27. The van der Waals surface area contributed by atoms with Gasteiger partial charge < -0.3 is 5.73 Å². The van der Waals surface area contributed by atoms with Gasteiger partial charge in [-0.1, -0.05) is 32.8 Å². The lowest BCUT2D eigenvalue weighted by Gasteiger charge is -2.29. The van der Waals surface area contributed by atoms with E-state index in [-0.39, 0.29) is 6.04 Å². The van der Waals surface area contributed by atoms with E-state index in [0.717, 1.165) is 37.7 Å². The molecule has 0 bridgehead atoms. The number of anilines is 1. The van der Waals surface area contributed by atoms with Crippen molar-refractivity contribution in [1.82, 2.24) is 4.31 Å². The van der Waals surface area contributed by atoms with Crippen molar-refractivity contribution < 1.29 is 8.42 Å². The summed E-state index contributed by atoms with van der Waals surface area (Å²) in [6, 6.07) is 5.34. The Hall–Kier alpha value is -1.07. The van der Waals surface area contributed by atoms with E-state index in [1.165, 1.54) is 0 Å². The van der Waals surface area contributed by atoms with Crippen LogP contribution in [0, 0.1) is 0 Å². The van der Waals surface area contributed by atoms with Crippen molar-refractivity contribution in [3.63, 3.8) is 0 Å². The Balaban J connectivity index is 2.46. The van der Waals surface area contributed by atoms with Gasteiger partial charge in [0, 0.05) is 18.3 Å². The maximum atomic E-state index is 13.1. The number of hydrogen-bond donors (Lipinski definition) is 1. The SMILES string of the molecule is CCc1ccc(N)cc1S(=O)(=O)N1CCCCCC1CC.